The van der Waals surface area contributed by atoms with Gasteiger partial charge >= 0.3 is 0 Å². The van der Waals surface area contributed by atoms with Crippen LogP contribution < -0.4 is 5.32 Å². The van der Waals surface area contributed by atoms with Gasteiger partial charge in [0.25, 0.3) is 0 Å². The Morgan fingerprint density at radius 1 is 1.35 bits per heavy atom. The molecule has 7 heteroatoms. The van der Waals surface area contributed by atoms with E-state index < -0.39 is 0 Å². The number of aryl methyl sites for hydroxylation is 1. The van der Waals surface area contributed by atoms with E-state index in [2.05, 4.69) is 48.4 Å². The fraction of sp³-hybridized carbons (Fsp3) is 0.526. The van der Waals surface area contributed by atoms with Gasteiger partial charge in [0.2, 0.25) is 17.6 Å². The molecule has 1 atom stereocenters. The summed E-state index contributed by atoms with van der Waals surface area (Å²) in [6, 6.07) is 8.44. The number of benzene rings is 1. The molecule has 0 spiro atoms. The van der Waals surface area contributed by atoms with E-state index in [4.69, 9.17) is 4.52 Å². The number of piperazine rings is 1. The van der Waals surface area contributed by atoms with Gasteiger partial charge in [-0.25, -0.2) is 0 Å². The Bertz CT molecular complexity index is 715. The zero-order valence-electron chi connectivity index (χ0n) is 15.6. The maximum atomic E-state index is 12.4. The molecule has 0 aliphatic carbocycles. The van der Waals surface area contributed by atoms with Crippen molar-refractivity contribution >= 4 is 18.3 Å². The van der Waals surface area contributed by atoms with E-state index in [0.29, 0.717) is 30.5 Å². The minimum atomic E-state index is 0. The second-order valence-electron chi connectivity index (χ2n) is 6.93. The van der Waals surface area contributed by atoms with Gasteiger partial charge in [0.05, 0.1) is 0 Å². The van der Waals surface area contributed by atoms with E-state index in [1.807, 2.05) is 17.0 Å². The summed E-state index contributed by atoms with van der Waals surface area (Å²) < 4.78 is 5.32. The predicted molar refractivity (Wildman–Crippen MR) is 103 cm³/mol. The maximum Gasteiger partial charge on any atom is 0.227 e. The Morgan fingerprint density at radius 3 is 2.73 bits per heavy atom. The number of hydrogen-bond acceptors (Lipinski definition) is 5. The van der Waals surface area contributed by atoms with Gasteiger partial charge in [0.1, 0.15) is 0 Å². The molecule has 1 fully saturated rings. The second kappa shape index (κ2) is 9.14. The third kappa shape index (κ3) is 4.83. The molecule has 2 heterocycles. The molecule has 1 unspecified atom stereocenters. The normalized spacial score (nSPS) is 17.2. The Hall–Kier alpha value is -1.92. The van der Waals surface area contributed by atoms with Crippen LogP contribution in [0.4, 0.5) is 0 Å². The molecule has 1 aliphatic rings. The lowest BCUT2D eigenvalue weighted by Crippen LogP contribution is -2.52. The average molecular weight is 379 g/mol. The van der Waals surface area contributed by atoms with Crippen molar-refractivity contribution in [2.24, 2.45) is 0 Å². The topological polar surface area (TPSA) is 71.3 Å². The van der Waals surface area contributed by atoms with Crippen molar-refractivity contribution in [1.29, 1.82) is 0 Å². The molecule has 2 aromatic rings. The minimum Gasteiger partial charge on any atom is -0.339 e. The summed E-state index contributed by atoms with van der Waals surface area (Å²) in [5.41, 5.74) is 2.21. The molecule has 6 nitrogen and oxygen atoms in total. The number of carbonyl (C=O) groups excluding carboxylic acids is 1. The first-order valence-electron chi connectivity index (χ1n) is 8.97. The van der Waals surface area contributed by atoms with Crippen LogP contribution in [-0.4, -0.2) is 46.6 Å². The van der Waals surface area contributed by atoms with Crippen LogP contribution in [0.15, 0.2) is 28.8 Å². The SMILES string of the molecule is CC(C)c1ccc(-c2noc(CCC(=O)N3CCNCC3C)n2)cc1.Cl. The van der Waals surface area contributed by atoms with E-state index in [9.17, 15) is 4.79 Å². The van der Waals surface area contributed by atoms with Crippen molar-refractivity contribution in [3.05, 3.63) is 35.7 Å². The van der Waals surface area contributed by atoms with E-state index in [0.717, 1.165) is 25.2 Å². The third-order valence-corrected chi connectivity index (χ3v) is 4.68. The molecule has 0 radical (unpaired) electrons. The summed E-state index contributed by atoms with van der Waals surface area (Å²) in [5.74, 6) is 1.73. The van der Waals surface area contributed by atoms with Crippen LogP contribution in [0.25, 0.3) is 11.4 Å². The van der Waals surface area contributed by atoms with Gasteiger partial charge in [-0.2, -0.15) is 4.98 Å². The van der Waals surface area contributed by atoms with E-state index in [1.165, 1.54) is 5.56 Å². The summed E-state index contributed by atoms with van der Waals surface area (Å²) in [4.78, 5) is 18.7. The molecule has 1 aliphatic heterocycles. The Balaban J connectivity index is 0.00000243. The summed E-state index contributed by atoms with van der Waals surface area (Å²) in [7, 11) is 0. The Labute approximate surface area is 160 Å². The van der Waals surface area contributed by atoms with Gasteiger partial charge in [-0.1, -0.05) is 43.3 Å². The van der Waals surface area contributed by atoms with Gasteiger partial charge in [0.15, 0.2) is 0 Å². The Morgan fingerprint density at radius 2 is 2.08 bits per heavy atom. The summed E-state index contributed by atoms with van der Waals surface area (Å²) >= 11 is 0. The molecular weight excluding hydrogens is 352 g/mol. The lowest BCUT2D eigenvalue weighted by Gasteiger charge is -2.34. The number of halogens is 1. The fourth-order valence-corrected chi connectivity index (χ4v) is 3.06. The number of aromatic nitrogens is 2. The molecule has 142 valence electrons. The van der Waals surface area contributed by atoms with Crippen LogP contribution in [0.5, 0.6) is 0 Å². The molecule has 1 aromatic carbocycles. The molecule has 1 saturated heterocycles. The first kappa shape index (κ1) is 20.4. The van der Waals surface area contributed by atoms with Crippen molar-refractivity contribution in [1.82, 2.24) is 20.4 Å². The second-order valence-corrected chi connectivity index (χ2v) is 6.93. The lowest BCUT2D eigenvalue weighted by atomic mass is 10.0. The summed E-state index contributed by atoms with van der Waals surface area (Å²) in [6.07, 6.45) is 0.880. The number of carbonyl (C=O) groups is 1. The van der Waals surface area contributed by atoms with E-state index in [1.54, 1.807) is 0 Å². The van der Waals surface area contributed by atoms with Crippen LogP contribution in [0.1, 0.15) is 44.6 Å². The van der Waals surface area contributed by atoms with Crippen molar-refractivity contribution in [2.75, 3.05) is 19.6 Å². The largest absolute Gasteiger partial charge is 0.339 e. The molecule has 1 amide bonds. The number of hydrogen-bond donors (Lipinski definition) is 1. The van der Waals surface area contributed by atoms with E-state index >= 15 is 0 Å². The van der Waals surface area contributed by atoms with E-state index in [-0.39, 0.29) is 24.4 Å². The zero-order valence-corrected chi connectivity index (χ0v) is 16.4. The lowest BCUT2D eigenvalue weighted by molar-refractivity contribution is -0.134. The Kier molecular flexibility index (Phi) is 7.17. The highest BCUT2D eigenvalue weighted by Gasteiger charge is 2.23. The van der Waals surface area contributed by atoms with Gasteiger partial charge in [0, 0.05) is 44.1 Å². The van der Waals surface area contributed by atoms with Gasteiger partial charge in [-0.3, -0.25) is 4.79 Å². The maximum absolute atomic E-state index is 12.4. The number of amides is 1. The predicted octanol–water partition coefficient (Wildman–Crippen LogP) is 3.03. The summed E-state index contributed by atoms with van der Waals surface area (Å²) in [5, 5.41) is 7.34. The highest BCUT2D eigenvalue weighted by molar-refractivity contribution is 5.85. The number of rotatable bonds is 5. The smallest absolute Gasteiger partial charge is 0.227 e. The zero-order chi connectivity index (χ0) is 17.8. The minimum absolute atomic E-state index is 0. The van der Waals surface area contributed by atoms with Crippen molar-refractivity contribution in [3.63, 3.8) is 0 Å². The van der Waals surface area contributed by atoms with Crippen molar-refractivity contribution in [3.8, 4) is 11.4 Å². The fourth-order valence-electron chi connectivity index (χ4n) is 3.06. The molecule has 0 saturated carbocycles. The van der Waals surface area contributed by atoms with Crippen LogP contribution in [0.2, 0.25) is 0 Å². The molecule has 3 rings (SSSR count). The van der Waals surface area contributed by atoms with Crippen molar-refractivity contribution < 1.29 is 9.32 Å². The van der Waals surface area contributed by atoms with Crippen LogP contribution in [0, 0.1) is 0 Å². The quantitative estimate of drug-likeness (QED) is 0.865. The standard InChI is InChI=1S/C19H26N4O2.ClH/c1-13(2)15-4-6-16(7-5-15)19-21-17(25-22-19)8-9-18(24)23-11-10-20-12-14(23)3;/h4-7,13-14,20H,8-12H2,1-3H3;1H. The summed E-state index contributed by atoms with van der Waals surface area (Å²) in [6.45, 7) is 8.86. The van der Waals surface area contributed by atoms with Gasteiger partial charge in [-0.15, -0.1) is 12.4 Å². The molecule has 1 aromatic heterocycles. The first-order valence-corrected chi connectivity index (χ1v) is 8.97. The third-order valence-electron chi connectivity index (χ3n) is 4.68. The highest BCUT2D eigenvalue weighted by Crippen LogP contribution is 2.21. The first-order chi connectivity index (χ1) is 12.0. The van der Waals surface area contributed by atoms with Gasteiger partial charge in [-0.05, 0) is 18.4 Å². The van der Waals surface area contributed by atoms with Crippen LogP contribution in [0.3, 0.4) is 0 Å². The molecule has 26 heavy (non-hydrogen) atoms. The van der Waals surface area contributed by atoms with Crippen LogP contribution in [-0.2, 0) is 11.2 Å². The monoisotopic (exact) mass is 378 g/mol. The molecular formula is C19H27ClN4O2. The number of nitrogens with zero attached hydrogens (tertiary/aromatic N) is 3. The van der Waals surface area contributed by atoms with Crippen LogP contribution >= 0.6 is 12.4 Å². The number of nitrogens with one attached hydrogen (secondary N) is 1. The molecule has 1 N–H and O–H groups in total. The molecule has 0 bridgehead atoms. The van der Waals surface area contributed by atoms with Crippen molar-refractivity contribution in [2.45, 2.75) is 45.6 Å². The van der Waals surface area contributed by atoms with Gasteiger partial charge < -0.3 is 14.7 Å². The average Bonchev–Trinajstić information content (AvgIpc) is 3.09. The highest BCUT2D eigenvalue weighted by atomic mass is 35.5.